The van der Waals surface area contributed by atoms with Crippen LogP contribution in [0.1, 0.15) is 24.4 Å². The molecule has 1 unspecified atom stereocenters. The Morgan fingerprint density at radius 1 is 1.58 bits per heavy atom. The SMILES string of the molecule is CC(Nc1cc(C#N)ccc1[N+](=O)[O-])c1nn[nH]n1. The predicted octanol–water partition coefficient (Wildman–Crippen LogP) is 1.15. The zero-order chi connectivity index (χ0) is 13.8. The van der Waals surface area contributed by atoms with Crippen molar-refractivity contribution >= 4 is 11.4 Å². The van der Waals surface area contributed by atoms with Gasteiger partial charge in [-0.3, -0.25) is 10.1 Å². The summed E-state index contributed by atoms with van der Waals surface area (Å²) in [4.78, 5) is 10.4. The highest BCUT2D eigenvalue weighted by molar-refractivity contribution is 5.64. The smallest absolute Gasteiger partial charge is 0.292 e. The number of H-pyrrole nitrogens is 1. The summed E-state index contributed by atoms with van der Waals surface area (Å²) in [6.07, 6.45) is 0. The molecule has 1 aromatic carbocycles. The van der Waals surface area contributed by atoms with Gasteiger partial charge in [0.25, 0.3) is 5.69 Å². The molecule has 0 saturated heterocycles. The van der Waals surface area contributed by atoms with Gasteiger partial charge in [0.05, 0.1) is 22.6 Å². The third-order valence-electron chi connectivity index (χ3n) is 2.44. The van der Waals surface area contributed by atoms with E-state index >= 15 is 0 Å². The number of anilines is 1. The summed E-state index contributed by atoms with van der Waals surface area (Å²) in [5, 5.41) is 35.9. The van der Waals surface area contributed by atoms with Crippen molar-refractivity contribution in [2.45, 2.75) is 13.0 Å². The summed E-state index contributed by atoms with van der Waals surface area (Å²) in [5.41, 5.74) is 0.448. The predicted molar refractivity (Wildman–Crippen MR) is 64.0 cm³/mol. The number of nitrogens with one attached hydrogen (secondary N) is 2. The Labute approximate surface area is 107 Å². The highest BCUT2D eigenvalue weighted by Gasteiger charge is 2.18. The number of rotatable bonds is 4. The van der Waals surface area contributed by atoms with Crippen LogP contribution >= 0.6 is 0 Å². The fraction of sp³-hybridized carbons (Fsp3) is 0.200. The topological polar surface area (TPSA) is 133 Å². The van der Waals surface area contributed by atoms with Gasteiger partial charge in [0.2, 0.25) is 0 Å². The van der Waals surface area contributed by atoms with Crippen molar-refractivity contribution < 1.29 is 4.92 Å². The van der Waals surface area contributed by atoms with Crippen LogP contribution < -0.4 is 5.32 Å². The quantitative estimate of drug-likeness (QED) is 0.621. The lowest BCUT2D eigenvalue weighted by Gasteiger charge is -2.11. The van der Waals surface area contributed by atoms with Crippen LogP contribution in [-0.2, 0) is 0 Å². The summed E-state index contributed by atoms with van der Waals surface area (Å²) < 4.78 is 0. The summed E-state index contributed by atoms with van der Waals surface area (Å²) in [5.74, 6) is 0.372. The second-order valence-corrected chi connectivity index (χ2v) is 3.74. The largest absolute Gasteiger partial charge is 0.370 e. The Balaban J connectivity index is 2.32. The highest BCUT2D eigenvalue weighted by atomic mass is 16.6. The second-order valence-electron chi connectivity index (χ2n) is 3.74. The molecular formula is C10H9N7O2. The van der Waals surface area contributed by atoms with Gasteiger partial charge in [0.1, 0.15) is 5.69 Å². The monoisotopic (exact) mass is 259 g/mol. The lowest BCUT2D eigenvalue weighted by atomic mass is 10.1. The Hall–Kier alpha value is -3.02. The van der Waals surface area contributed by atoms with Crippen LogP contribution in [-0.4, -0.2) is 25.5 Å². The number of nitrogens with zero attached hydrogens (tertiary/aromatic N) is 5. The van der Waals surface area contributed by atoms with E-state index in [0.717, 1.165) is 0 Å². The Morgan fingerprint density at radius 2 is 2.37 bits per heavy atom. The molecule has 1 heterocycles. The molecule has 9 nitrogen and oxygen atoms in total. The maximum absolute atomic E-state index is 10.9. The number of nitro benzene ring substituents is 1. The average Bonchev–Trinajstić information content (AvgIpc) is 2.92. The first-order valence-electron chi connectivity index (χ1n) is 5.30. The van der Waals surface area contributed by atoms with Gasteiger partial charge in [-0.15, -0.1) is 10.2 Å². The highest BCUT2D eigenvalue weighted by Crippen LogP contribution is 2.28. The summed E-state index contributed by atoms with van der Waals surface area (Å²) in [6, 6.07) is 5.63. The molecule has 2 rings (SSSR count). The van der Waals surface area contributed by atoms with Crippen molar-refractivity contribution in [2.75, 3.05) is 5.32 Å². The third-order valence-corrected chi connectivity index (χ3v) is 2.44. The van der Waals surface area contributed by atoms with E-state index in [1.807, 2.05) is 6.07 Å². The van der Waals surface area contributed by atoms with Gasteiger partial charge in [-0.05, 0) is 19.1 Å². The molecule has 0 amide bonds. The van der Waals surface area contributed by atoms with Crippen molar-refractivity contribution in [1.29, 1.82) is 5.26 Å². The molecule has 1 atom stereocenters. The van der Waals surface area contributed by atoms with E-state index in [2.05, 4.69) is 25.9 Å². The molecule has 0 aliphatic heterocycles. The van der Waals surface area contributed by atoms with E-state index in [9.17, 15) is 10.1 Å². The zero-order valence-electron chi connectivity index (χ0n) is 9.86. The number of nitro groups is 1. The van der Waals surface area contributed by atoms with E-state index in [-0.39, 0.29) is 17.4 Å². The maximum atomic E-state index is 10.9. The maximum Gasteiger partial charge on any atom is 0.292 e. The summed E-state index contributed by atoms with van der Waals surface area (Å²) in [6.45, 7) is 1.73. The zero-order valence-corrected chi connectivity index (χ0v) is 9.86. The molecular weight excluding hydrogens is 250 g/mol. The molecule has 0 spiro atoms. The van der Waals surface area contributed by atoms with Crippen LogP contribution in [0.5, 0.6) is 0 Å². The van der Waals surface area contributed by atoms with Gasteiger partial charge in [0.15, 0.2) is 5.82 Å². The molecule has 1 aromatic heterocycles. The molecule has 0 aliphatic carbocycles. The van der Waals surface area contributed by atoms with Crippen molar-refractivity contribution in [3.8, 4) is 6.07 Å². The first-order valence-corrected chi connectivity index (χ1v) is 5.30. The third kappa shape index (κ3) is 2.63. The molecule has 9 heteroatoms. The molecule has 96 valence electrons. The molecule has 0 aliphatic rings. The molecule has 0 saturated carbocycles. The van der Waals surface area contributed by atoms with Crippen LogP contribution in [0.15, 0.2) is 18.2 Å². The number of aromatic amines is 1. The number of hydrogen-bond acceptors (Lipinski definition) is 7. The van der Waals surface area contributed by atoms with Gasteiger partial charge in [-0.25, -0.2) is 0 Å². The normalized spacial score (nSPS) is 11.6. The average molecular weight is 259 g/mol. The van der Waals surface area contributed by atoms with Crippen molar-refractivity contribution in [3.05, 3.63) is 39.7 Å². The fourth-order valence-electron chi connectivity index (χ4n) is 1.53. The van der Waals surface area contributed by atoms with Gasteiger partial charge in [0, 0.05) is 6.07 Å². The van der Waals surface area contributed by atoms with Gasteiger partial charge in [-0.2, -0.15) is 10.5 Å². The summed E-state index contributed by atoms with van der Waals surface area (Å²) >= 11 is 0. The summed E-state index contributed by atoms with van der Waals surface area (Å²) in [7, 11) is 0. The second kappa shape index (κ2) is 5.09. The van der Waals surface area contributed by atoms with Crippen LogP contribution in [0.4, 0.5) is 11.4 Å². The Morgan fingerprint density at radius 3 is 2.95 bits per heavy atom. The Kier molecular flexibility index (Phi) is 3.33. The minimum Gasteiger partial charge on any atom is -0.370 e. The number of benzene rings is 1. The first kappa shape index (κ1) is 12.4. The molecule has 0 radical (unpaired) electrons. The van der Waals surface area contributed by atoms with E-state index < -0.39 is 4.92 Å². The lowest BCUT2D eigenvalue weighted by molar-refractivity contribution is -0.384. The van der Waals surface area contributed by atoms with Crippen LogP contribution in [0, 0.1) is 21.4 Å². The first-order chi connectivity index (χ1) is 9.11. The van der Waals surface area contributed by atoms with E-state index in [1.165, 1.54) is 18.2 Å². The minimum atomic E-state index is -0.521. The van der Waals surface area contributed by atoms with Crippen LogP contribution in [0.25, 0.3) is 0 Å². The number of tetrazole rings is 1. The van der Waals surface area contributed by atoms with Gasteiger partial charge >= 0.3 is 0 Å². The number of aromatic nitrogens is 4. The number of hydrogen-bond donors (Lipinski definition) is 2. The van der Waals surface area contributed by atoms with Gasteiger partial charge < -0.3 is 5.32 Å². The van der Waals surface area contributed by atoms with Crippen molar-refractivity contribution in [2.24, 2.45) is 0 Å². The van der Waals surface area contributed by atoms with E-state index in [4.69, 9.17) is 5.26 Å². The van der Waals surface area contributed by atoms with Crippen LogP contribution in [0.2, 0.25) is 0 Å². The van der Waals surface area contributed by atoms with Gasteiger partial charge in [-0.1, -0.05) is 5.21 Å². The van der Waals surface area contributed by atoms with E-state index in [1.54, 1.807) is 6.92 Å². The lowest BCUT2D eigenvalue weighted by Crippen LogP contribution is -2.10. The molecule has 2 N–H and O–H groups in total. The molecule has 19 heavy (non-hydrogen) atoms. The van der Waals surface area contributed by atoms with Crippen molar-refractivity contribution in [1.82, 2.24) is 20.6 Å². The minimum absolute atomic E-state index is 0.116. The number of nitriles is 1. The molecule has 0 bridgehead atoms. The Bertz CT molecular complexity index is 632. The van der Waals surface area contributed by atoms with Crippen LogP contribution in [0.3, 0.4) is 0 Å². The molecule has 0 fully saturated rings. The van der Waals surface area contributed by atoms with Crippen molar-refractivity contribution in [3.63, 3.8) is 0 Å². The van der Waals surface area contributed by atoms with E-state index in [0.29, 0.717) is 11.4 Å². The standard InChI is InChI=1S/C10H9N7O2/c1-6(10-13-15-16-14-10)12-8-4-7(5-11)2-3-9(8)17(18)19/h2-4,6,12H,1H3,(H,13,14,15,16). The molecule has 2 aromatic rings. The fourth-order valence-corrected chi connectivity index (χ4v) is 1.53.